The summed E-state index contributed by atoms with van der Waals surface area (Å²) in [5.74, 6) is -1.09. The number of amides is 1. The van der Waals surface area contributed by atoms with E-state index in [-0.39, 0.29) is 17.9 Å². The van der Waals surface area contributed by atoms with E-state index in [0.29, 0.717) is 39.9 Å². The zero-order chi connectivity index (χ0) is 26.1. The van der Waals surface area contributed by atoms with Gasteiger partial charge in [0.05, 0.1) is 18.2 Å². The third kappa shape index (κ3) is 4.70. The molecule has 0 aliphatic carbocycles. The molecule has 188 valence electrons. The standard InChI is InChI=1S/C29H24Cl2N2O4/c1-2-37-20-10-7-17(8-11-20)27(34)25-26(22-12-9-19(30)15-23(22)31)33(29(36)28(25)35)14-13-18-16-32-24-6-4-3-5-21(18)24/h3-12,15-16,26,32,34H,2,13-14H2,1H3/t26-/m0/s1. The molecule has 0 radical (unpaired) electrons. The van der Waals surface area contributed by atoms with Crippen LogP contribution in [0.15, 0.2) is 78.5 Å². The zero-order valence-electron chi connectivity index (χ0n) is 20.0. The summed E-state index contributed by atoms with van der Waals surface area (Å²) in [7, 11) is 0. The number of ether oxygens (including phenoxy) is 1. The quantitative estimate of drug-likeness (QED) is 0.160. The van der Waals surface area contributed by atoms with Gasteiger partial charge in [0.2, 0.25) is 0 Å². The van der Waals surface area contributed by atoms with Gasteiger partial charge in [0.15, 0.2) is 0 Å². The van der Waals surface area contributed by atoms with Crippen molar-refractivity contribution in [1.82, 2.24) is 9.88 Å². The Kier molecular flexibility index (Phi) is 6.96. The molecule has 1 atom stereocenters. The molecule has 3 aromatic carbocycles. The predicted molar refractivity (Wildman–Crippen MR) is 145 cm³/mol. The fourth-order valence-corrected chi connectivity index (χ4v) is 5.28. The number of nitrogens with one attached hydrogen (secondary N) is 1. The number of H-pyrrole nitrogens is 1. The molecule has 5 rings (SSSR count). The second-order valence-corrected chi connectivity index (χ2v) is 9.57. The number of nitrogens with zero attached hydrogens (tertiary/aromatic N) is 1. The van der Waals surface area contributed by atoms with Gasteiger partial charge in [-0.3, -0.25) is 9.59 Å². The lowest BCUT2D eigenvalue weighted by molar-refractivity contribution is -0.139. The molecule has 37 heavy (non-hydrogen) atoms. The normalized spacial score (nSPS) is 17.1. The van der Waals surface area contributed by atoms with Crippen molar-refractivity contribution < 1.29 is 19.4 Å². The minimum atomic E-state index is -0.874. The smallest absolute Gasteiger partial charge is 0.295 e. The van der Waals surface area contributed by atoms with E-state index in [9.17, 15) is 14.7 Å². The number of benzene rings is 3. The Hall–Kier alpha value is -3.74. The second kappa shape index (κ2) is 10.3. The number of hydrogen-bond donors (Lipinski definition) is 2. The minimum Gasteiger partial charge on any atom is -0.507 e. The third-order valence-corrected chi connectivity index (χ3v) is 7.10. The summed E-state index contributed by atoms with van der Waals surface area (Å²) in [5.41, 5.74) is 2.90. The van der Waals surface area contributed by atoms with Crippen molar-refractivity contribution in [1.29, 1.82) is 0 Å². The van der Waals surface area contributed by atoms with Crippen molar-refractivity contribution in [3.8, 4) is 5.75 Å². The molecule has 1 fully saturated rings. The first-order valence-electron chi connectivity index (χ1n) is 11.9. The van der Waals surface area contributed by atoms with Gasteiger partial charge in [-0.05, 0) is 66.9 Å². The number of carbonyl (C=O) groups excluding carboxylic acids is 2. The molecule has 2 heterocycles. The van der Waals surface area contributed by atoms with E-state index in [2.05, 4.69) is 4.98 Å². The van der Waals surface area contributed by atoms with Crippen LogP contribution in [0.5, 0.6) is 5.75 Å². The number of aliphatic hydroxyl groups excluding tert-OH is 1. The van der Waals surface area contributed by atoms with Gasteiger partial charge in [-0.15, -0.1) is 0 Å². The van der Waals surface area contributed by atoms with Crippen molar-refractivity contribution in [2.45, 2.75) is 19.4 Å². The largest absolute Gasteiger partial charge is 0.507 e. The summed E-state index contributed by atoms with van der Waals surface area (Å²) in [6.07, 6.45) is 2.41. The first-order valence-corrected chi connectivity index (χ1v) is 12.7. The van der Waals surface area contributed by atoms with E-state index in [4.69, 9.17) is 27.9 Å². The number of rotatable bonds is 7. The Morgan fingerprint density at radius 2 is 1.81 bits per heavy atom. The molecule has 1 aromatic heterocycles. The molecule has 8 heteroatoms. The van der Waals surface area contributed by atoms with Crippen LogP contribution in [0.3, 0.4) is 0 Å². The summed E-state index contributed by atoms with van der Waals surface area (Å²) in [6, 6.07) is 18.6. The van der Waals surface area contributed by atoms with Crippen LogP contribution in [0, 0.1) is 0 Å². The number of aliphatic hydroxyl groups is 1. The highest BCUT2D eigenvalue weighted by molar-refractivity contribution is 6.47. The number of likely N-dealkylation sites (tertiary alicyclic amines) is 1. The van der Waals surface area contributed by atoms with Gasteiger partial charge >= 0.3 is 0 Å². The van der Waals surface area contributed by atoms with Crippen LogP contribution < -0.4 is 4.74 Å². The molecule has 4 aromatic rings. The van der Waals surface area contributed by atoms with Crippen molar-refractivity contribution in [3.63, 3.8) is 0 Å². The lowest BCUT2D eigenvalue weighted by Crippen LogP contribution is -2.31. The van der Waals surface area contributed by atoms with Crippen molar-refractivity contribution in [2.75, 3.05) is 13.2 Å². The molecule has 1 amide bonds. The first kappa shape index (κ1) is 24.9. The van der Waals surface area contributed by atoms with Crippen LogP contribution in [0.1, 0.15) is 29.7 Å². The molecular weight excluding hydrogens is 511 g/mol. The number of para-hydroxylation sites is 1. The van der Waals surface area contributed by atoms with Crippen molar-refractivity contribution in [2.24, 2.45) is 0 Å². The number of halogens is 2. The van der Waals surface area contributed by atoms with Gasteiger partial charge in [0.25, 0.3) is 11.7 Å². The highest BCUT2D eigenvalue weighted by Gasteiger charge is 2.46. The lowest BCUT2D eigenvalue weighted by atomic mass is 9.95. The Morgan fingerprint density at radius 3 is 2.54 bits per heavy atom. The zero-order valence-corrected chi connectivity index (χ0v) is 21.5. The molecule has 6 nitrogen and oxygen atoms in total. The van der Waals surface area contributed by atoms with Gasteiger partial charge in [-0.2, -0.15) is 0 Å². The fourth-order valence-electron chi connectivity index (χ4n) is 4.77. The minimum absolute atomic E-state index is 0.0164. The molecule has 0 unspecified atom stereocenters. The Morgan fingerprint density at radius 1 is 1.05 bits per heavy atom. The summed E-state index contributed by atoms with van der Waals surface area (Å²) >= 11 is 12.7. The number of hydrogen-bond acceptors (Lipinski definition) is 4. The van der Waals surface area contributed by atoms with Crippen LogP contribution >= 0.6 is 23.2 Å². The van der Waals surface area contributed by atoms with Crippen LogP contribution in [-0.4, -0.2) is 39.8 Å². The molecule has 1 aliphatic rings. The Bertz CT molecular complexity index is 1520. The second-order valence-electron chi connectivity index (χ2n) is 8.73. The van der Waals surface area contributed by atoms with Crippen LogP contribution in [0.2, 0.25) is 10.0 Å². The van der Waals surface area contributed by atoms with Gasteiger partial charge in [0, 0.05) is 39.3 Å². The molecule has 0 saturated carbocycles. The van der Waals surface area contributed by atoms with E-state index in [1.165, 1.54) is 4.90 Å². The summed E-state index contributed by atoms with van der Waals surface area (Å²) in [4.78, 5) is 31.3. The highest BCUT2D eigenvalue weighted by atomic mass is 35.5. The number of aromatic amines is 1. The Labute approximate surface area is 224 Å². The van der Waals surface area contributed by atoms with E-state index < -0.39 is 17.7 Å². The number of carbonyl (C=O) groups is 2. The monoisotopic (exact) mass is 534 g/mol. The maximum atomic E-state index is 13.3. The highest BCUT2D eigenvalue weighted by Crippen LogP contribution is 2.42. The number of aromatic nitrogens is 1. The maximum absolute atomic E-state index is 13.3. The molecular formula is C29H24Cl2N2O4. The fraction of sp³-hybridized carbons (Fsp3) is 0.172. The Balaban J connectivity index is 1.57. The topological polar surface area (TPSA) is 82.6 Å². The van der Waals surface area contributed by atoms with E-state index >= 15 is 0 Å². The third-order valence-electron chi connectivity index (χ3n) is 6.53. The van der Waals surface area contributed by atoms with Crippen LogP contribution in [0.25, 0.3) is 16.7 Å². The van der Waals surface area contributed by atoms with Crippen LogP contribution in [-0.2, 0) is 16.0 Å². The van der Waals surface area contributed by atoms with E-state index in [1.54, 1.807) is 42.5 Å². The predicted octanol–water partition coefficient (Wildman–Crippen LogP) is 6.54. The van der Waals surface area contributed by atoms with Gasteiger partial charge in [-0.1, -0.05) is 47.5 Å². The van der Waals surface area contributed by atoms with Gasteiger partial charge in [0.1, 0.15) is 11.5 Å². The van der Waals surface area contributed by atoms with Crippen molar-refractivity contribution in [3.05, 3.63) is 105 Å². The molecule has 0 spiro atoms. The van der Waals surface area contributed by atoms with Gasteiger partial charge in [-0.25, -0.2) is 0 Å². The number of Topliss-reactive ketones (excluding diaryl/α,β-unsaturated/α-hetero) is 1. The SMILES string of the molecule is CCOc1ccc(C(O)=C2C(=O)C(=O)N(CCc3c[nH]c4ccccc34)[C@H]2c2ccc(Cl)cc2Cl)cc1. The molecule has 2 N–H and O–H groups in total. The number of ketones is 1. The molecule has 1 saturated heterocycles. The van der Waals surface area contributed by atoms with E-state index in [0.717, 1.165) is 16.5 Å². The van der Waals surface area contributed by atoms with E-state index in [1.807, 2.05) is 37.4 Å². The number of fused-ring (bicyclic) bond motifs is 1. The molecule has 1 aliphatic heterocycles. The summed E-state index contributed by atoms with van der Waals surface area (Å²) < 4.78 is 5.48. The first-order chi connectivity index (χ1) is 17.9. The average Bonchev–Trinajstić information content (AvgIpc) is 3.41. The summed E-state index contributed by atoms with van der Waals surface area (Å²) in [6.45, 7) is 2.62. The average molecular weight is 535 g/mol. The molecule has 0 bridgehead atoms. The van der Waals surface area contributed by atoms with Crippen LogP contribution in [0.4, 0.5) is 0 Å². The maximum Gasteiger partial charge on any atom is 0.295 e. The van der Waals surface area contributed by atoms with Crippen molar-refractivity contribution >= 4 is 51.6 Å². The summed E-state index contributed by atoms with van der Waals surface area (Å²) in [5, 5.41) is 13.1. The van der Waals surface area contributed by atoms with Gasteiger partial charge < -0.3 is 19.7 Å². The lowest BCUT2D eigenvalue weighted by Gasteiger charge is -2.26.